The number of anilines is 1. The van der Waals surface area contributed by atoms with E-state index in [2.05, 4.69) is 31.3 Å². The molecule has 4 nitrogen and oxygen atoms in total. The Balaban J connectivity index is 1.99. The summed E-state index contributed by atoms with van der Waals surface area (Å²) in [5.41, 5.74) is 1.84. The topological polar surface area (TPSA) is 49.4 Å². The summed E-state index contributed by atoms with van der Waals surface area (Å²) >= 11 is 0. The number of amides is 2. The minimum Gasteiger partial charge on any atom is -0.337 e. The number of nitrogens with one attached hydrogen (secondary N) is 1. The van der Waals surface area contributed by atoms with Crippen LogP contribution in [0.5, 0.6) is 0 Å². The maximum Gasteiger partial charge on any atom is 0.229 e. The van der Waals surface area contributed by atoms with Crippen LogP contribution in [0, 0.1) is 5.92 Å². The zero-order chi connectivity index (χ0) is 17.2. The van der Waals surface area contributed by atoms with Crippen LogP contribution in [0.4, 0.5) is 5.69 Å². The molecule has 1 aromatic rings. The van der Waals surface area contributed by atoms with Crippen LogP contribution in [0.25, 0.3) is 0 Å². The predicted molar refractivity (Wildman–Crippen MR) is 93.4 cm³/mol. The van der Waals surface area contributed by atoms with E-state index < -0.39 is 0 Å². The molecule has 2 rings (SSSR count). The second-order valence-corrected chi connectivity index (χ2v) is 7.50. The summed E-state index contributed by atoms with van der Waals surface area (Å²) in [6.45, 7) is 10.9. The van der Waals surface area contributed by atoms with Crippen molar-refractivity contribution in [3.63, 3.8) is 0 Å². The molecule has 0 spiro atoms. The van der Waals surface area contributed by atoms with E-state index in [4.69, 9.17) is 0 Å². The highest BCUT2D eigenvalue weighted by Crippen LogP contribution is 2.27. The molecule has 4 heteroatoms. The SMILES string of the molecule is CC[C@H](C)c1ccc(NC(=O)[C@@H]2CC(=O)N(C(C)(C)C)C2)cc1. The molecule has 1 aromatic carbocycles. The molecular weight excluding hydrogens is 288 g/mol. The van der Waals surface area contributed by atoms with Crippen molar-refractivity contribution >= 4 is 17.5 Å². The normalized spacial score (nSPS) is 19.8. The van der Waals surface area contributed by atoms with Crippen LogP contribution in [0.2, 0.25) is 0 Å². The van der Waals surface area contributed by atoms with Gasteiger partial charge < -0.3 is 10.2 Å². The molecule has 1 N–H and O–H groups in total. The fourth-order valence-corrected chi connectivity index (χ4v) is 2.91. The molecule has 1 saturated heterocycles. The summed E-state index contributed by atoms with van der Waals surface area (Å²) < 4.78 is 0. The van der Waals surface area contributed by atoms with Gasteiger partial charge in [-0.15, -0.1) is 0 Å². The highest BCUT2D eigenvalue weighted by Gasteiger charge is 2.39. The van der Waals surface area contributed by atoms with E-state index in [-0.39, 0.29) is 23.3 Å². The number of likely N-dealkylation sites (tertiary alicyclic amines) is 1. The van der Waals surface area contributed by atoms with Gasteiger partial charge in [0.2, 0.25) is 11.8 Å². The van der Waals surface area contributed by atoms with Crippen molar-refractivity contribution in [2.24, 2.45) is 5.92 Å². The zero-order valence-electron chi connectivity index (χ0n) is 14.8. The van der Waals surface area contributed by atoms with E-state index in [9.17, 15) is 9.59 Å². The number of hydrogen-bond donors (Lipinski definition) is 1. The van der Waals surface area contributed by atoms with Crippen LogP contribution < -0.4 is 5.32 Å². The summed E-state index contributed by atoms with van der Waals surface area (Å²) in [5, 5.41) is 2.94. The zero-order valence-corrected chi connectivity index (χ0v) is 14.8. The standard InChI is InChI=1S/C19H28N2O2/c1-6-13(2)14-7-9-16(10-8-14)20-18(23)15-11-17(22)21(12-15)19(3,4)5/h7-10,13,15H,6,11-12H2,1-5H3,(H,20,23)/t13-,15+/m0/s1. The minimum absolute atomic E-state index is 0.0600. The Bertz CT molecular complexity index is 572. The summed E-state index contributed by atoms with van der Waals surface area (Å²) in [7, 11) is 0. The van der Waals surface area contributed by atoms with Crippen molar-refractivity contribution in [2.45, 2.75) is 58.9 Å². The van der Waals surface area contributed by atoms with Crippen molar-refractivity contribution in [3.05, 3.63) is 29.8 Å². The van der Waals surface area contributed by atoms with Crippen molar-refractivity contribution in [1.82, 2.24) is 4.90 Å². The predicted octanol–water partition coefficient (Wildman–Crippen LogP) is 3.79. The van der Waals surface area contributed by atoms with Gasteiger partial charge in [-0.05, 0) is 50.8 Å². The molecule has 2 amide bonds. The van der Waals surface area contributed by atoms with Gasteiger partial charge in [0.15, 0.2) is 0 Å². The Labute approximate surface area is 139 Å². The third-order valence-electron chi connectivity index (χ3n) is 4.67. The summed E-state index contributed by atoms with van der Waals surface area (Å²) in [6, 6.07) is 8.01. The lowest BCUT2D eigenvalue weighted by Crippen LogP contribution is -2.42. The number of benzene rings is 1. The maximum absolute atomic E-state index is 12.4. The molecule has 0 unspecified atom stereocenters. The first-order chi connectivity index (χ1) is 10.7. The number of nitrogens with zero attached hydrogens (tertiary/aromatic N) is 1. The average molecular weight is 316 g/mol. The first kappa shape index (κ1) is 17.5. The van der Waals surface area contributed by atoms with Crippen LogP contribution >= 0.6 is 0 Å². The van der Waals surface area contributed by atoms with Crippen LogP contribution in [-0.4, -0.2) is 28.8 Å². The average Bonchev–Trinajstić information content (AvgIpc) is 2.89. The second kappa shape index (κ2) is 6.73. The Hall–Kier alpha value is -1.84. The van der Waals surface area contributed by atoms with Crippen LogP contribution in [-0.2, 0) is 9.59 Å². The molecular formula is C19H28N2O2. The Kier molecular flexibility index (Phi) is 5.12. The van der Waals surface area contributed by atoms with Crippen molar-refractivity contribution in [2.75, 3.05) is 11.9 Å². The van der Waals surface area contributed by atoms with Gasteiger partial charge in [-0.25, -0.2) is 0 Å². The maximum atomic E-state index is 12.4. The largest absolute Gasteiger partial charge is 0.337 e. The fraction of sp³-hybridized carbons (Fsp3) is 0.579. The lowest BCUT2D eigenvalue weighted by Gasteiger charge is -2.31. The number of hydrogen-bond acceptors (Lipinski definition) is 2. The van der Waals surface area contributed by atoms with Gasteiger partial charge >= 0.3 is 0 Å². The van der Waals surface area contributed by atoms with E-state index in [1.54, 1.807) is 4.90 Å². The van der Waals surface area contributed by atoms with Crippen molar-refractivity contribution < 1.29 is 9.59 Å². The Morgan fingerprint density at radius 2 is 1.91 bits per heavy atom. The lowest BCUT2D eigenvalue weighted by atomic mass is 9.98. The van der Waals surface area contributed by atoms with Gasteiger partial charge in [-0.2, -0.15) is 0 Å². The highest BCUT2D eigenvalue weighted by atomic mass is 16.2. The molecule has 0 aliphatic carbocycles. The molecule has 1 aliphatic rings. The summed E-state index contributed by atoms with van der Waals surface area (Å²) in [5.74, 6) is 0.245. The minimum atomic E-state index is -0.268. The third kappa shape index (κ3) is 4.12. The number of carbonyl (C=O) groups is 2. The van der Waals surface area contributed by atoms with Crippen LogP contribution in [0.3, 0.4) is 0 Å². The molecule has 0 saturated carbocycles. The van der Waals surface area contributed by atoms with Gasteiger partial charge in [0, 0.05) is 24.2 Å². The molecule has 126 valence electrons. The van der Waals surface area contributed by atoms with Crippen molar-refractivity contribution in [3.8, 4) is 0 Å². The molecule has 1 aliphatic heterocycles. The van der Waals surface area contributed by atoms with Crippen molar-refractivity contribution in [1.29, 1.82) is 0 Å². The molecule has 23 heavy (non-hydrogen) atoms. The van der Waals surface area contributed by atoms with Crippen LogP contribution in [0.15, 0.2) is 24.3 Å². The van der Waals surface area contributed by atoms with Gasteiger partial charge in [-0.3, -0.25) is 9.59 Å². The molecule has 1 fully saturated rings. The first-order valence-electron chi connectivity index (χ1n) is 8.43. The number of carbonyl (C=O) groups excluding carboxylic acids is 2. The molecule has 1 heterocycles. The fourth-order valence-electron chi connectivity index (χ4n) is 2.91. The quantitative estimate of drug-likeness (QED) is 0.919. The highest BCUT2D eigenvalue weighted by molar-refractivity contribution is 5.97. The Morgan fingerprint density at radius 3 is 2.39 bits per heavy atom. The Morgan fingerprint density at radius 1 is 1.30 bits per heavy atom. The monoisotopic (exact) mass is 316 g/mol. The summed E-state index contributed by atoms with van der Waals surface area (Å²) in [6.07, 6.45) is 1.40. The second-order valence-electron chi connectivity index (χ2n) is 7.50. The van der Waals surface area contributed by atoms with E-state index in [1.807, 2.05) is 32.9 Å². The van der Waals surface area contributed by atoms with Crippen LogP contribution in [0.1, 0.15) is 58.9 Å². The van der Waals surface area contributed by atoms with E-state index in [1.165, 1.54) is 5.56 Å². The molecule has 0 radical (unpaired) electrons. The molecule has 0 aromatic heterocycles. The van der Waals surface area contributed by atoms with Gasteiger partial charge in [0.25, 0.3) is 0 Å². The lowest BCUT2D eigenvalue weighted by molar-refractivity contribution is -0.131. The van der Waals surface area contributed by atoms with E-state index in [0.29, 0.717) is 18.9 Å². The van der Waals surface area contributed by atoms with Gasteiger partial charge in [-0.1, -0.05) is 26.0 Å². The third-order valence-corrected chi connectivity index (χ3v) is 4.67. The first-order valence-corrected chi connectivity index (χ1v) is 8.43. The number of rotatable bonds is 4. The molecule has 0 bridgehead atoms. The van der Waals surface area contributed by atoms with E-state index in [0.717, 1.165) is 12.1 Å². The smallest absolute Gasteiger partial charge is 0.229 e. The van der Waals surface area contributed by atoms with Gasteiger partial charge in [0.05, 0.1) is 5.92 Å². The van der Waals surface area contributed by atoms with E-state index >= 15 is 0 Å². The van der Waals surface area contributed by atoms with Gasteiger partial charge in [0.1, 0.15) is 0 Å². The molecule has 2 atom stereocenters. The summed E-state index contributed by atoms with van der Waals surface area (Å²) in [4.78, 5) is 26.3.